The maximum atomic E-state index is 12.8. The molecule has 6 unspecified atom stereocenters. The minimum absolute atomic E-state index is 0.122. The van der Waals surface area contributed by atoms with Gasteiger partial charge in [0.2, 0.25) is 0 Å². The van der Waals surface area contributed by atoms with E-state index in [9.17, 15) is 25.2 Å². The second kappa shape index (κ2) is 45.0. The van der Waals surface area contributed by atoms with Crippen molar-refractivity contribution in [3.8, 4) is 0 Å². The topological polar surface area (TPSA) is 135 Å². The van der Waals surface area contributed by atoms with Gasteiger partial charge in [-0.1, -0.05) is 175 Å². The number of carbonyl (C=O) groups excluding carboxylic acids is 1. The molecule has 64 heavy (non-hydrogen) atoms. The van der Waals surface area contributed by atoms with Gasteiger partial charge in [0.15, 0.2) is 6.29 Å². The highest BCUT2D eigenvalue weighted by atomic mass is 16.7. The molecular formula is C55H90O9. The fourth-order valence-corrected chi connectivity index (χ4v) is 6.86. The van der Waals surface area contributed by atoms with E-state index in [1.165, 1.54) is 25.7 Å². The molecule has 0 spiro atoms. The van der Waals surface area contributed by atoms with Crippen molar-refractivity contribution in [1.29, 1.82) is 0 Å². The summed E-state index contributed by atoms with van der Waals surface area (Å²) in [6.45, 7) is 4.26. The molecule has 0 radical (unpaired) electrons. The number of hydrogen-bond acceptors (Lipinski definition) is 9. The average molecular weight is 895 g/mol. The van der Waals surface area contributed by atoms with Crippen LogP contribution in [0.25, 0.3) is 0 Å². The van der Waals surface area contributed by atoms with Crippen molar-refractivity contribution in [3.63, 3.8) is 0 Å². The number of aliphatic hydroxyl groups is 4. The molecule has 1 aliphatic rings. The zero-order valence-electron chi connectivity index (χ0n) is 40.0. The van der Waals surface area contributed by atoms with Crippen LogP contribution in [0, 0.1) is 0 Å². The molecule has 4 N–H and O–H groups in total. The zero-order chi connectivity index (χ0) is 46.4. The van der Waals surface area contributed by atoms with Crippen molar-refractivity contribution in [2.45, 2.75) is 205 Å². The number of rotatable bonds is 41. The normalized spacial score (nSPS) is 20.5. The van der Waals surface area contributed by atoms with E-state index in [2.05, 4.69) is 123 Å². The Hall–Kier alpha value is -3.15. The van der Waals surface area contributed by atoms with E-state index in [4.69, 9.17) is 18.9 Å². The Morgan fingerprint density at radius 2 is 0.906 bits per heavy atom. The van der Waals surface area contributed by atoms with Crippen molar-refractivity contribution in [2.75, 3.05) is 26.4 Å². The van der Waals surface area contributed by atoms with Gasteiger partial charge in [-0.15, -0.1) is 0 Å². The molecule has 0 aromatic heterocycles. The fraction of sp³-hybridized carbons (Fsp3) is 0.655. The summed E-state index contributed by atoms with van der Waals surface area (Å²) in [4.78, 5) is 12.8. The van der Waals surface area contributed by atoms with Crippen molar-refractivity contribution >= 4 is 5.97 Å². The Morgan fingerprint density at radius 3 is 1.36 bits per heavy atom. The molecule has 0 bridgehead atoms. The lowest BCUT2D eigenvalue weighted by atomic mass is 9.99. The molecule has 0 aromatic carbocycles. The number of ether oxygens (including phenoxy) is 4. The van der Waals surface area contributed by atoms with Crippen LogP contribution in [0.2, 0.25) is 0 Å². The molecule has 1 rings (SSSR count). The highest BCUT2D eigenvalue weighted by molar-refractivity contribution is 5.69. The number of aliphatic hydroxyl groups excluding tert-OH is 4. The summed E-state index contributed by atoms with van der Waals surface area (Å²) in [6, 6.07) is 0. The first-order valence-corrected chi connectivity index (χ1v) is 25.0. The Labute approximate surface area is 389 Å². The monoisotopic (exact) mass is 895 g/mol. The summed E-state index contributed by atoms with van der Waals surface area (Å²) in [5.41, 5.74) is 0. The predicted molar refractivity (Wildman–Crippen MR) is 265 cm³/mol. The molecule has 0 aromatic rings. The summed E-state index contributed by atoms with van der Waals surface area (Å²) in [7, 11) is 0. The van der Waals surface area contributed by atoms with E-state index in [0.717, 1.165) is 122 Å². The van der Waals surface area contributed by atoms with E-state index in [-0.39, 0.29) is 19.2 Å². The molecule has 1 heterocycles. The highest BCUT2D eigenvalue weighted by Crippen LogP contribution is 2.22. The maximum absolute atomic E-state index is 12.8. The van der Waals surface area contributed by atoms with Gasteiger partial charge in [-0.2, -0.15) is 0 Å². The van der Waals surface area contributed by atoms with E-state index in [1.54, 1.807) is 0 Å². The molecule has 9 nitrogen and oxygen atoms in total. The third-order valence-corrected chi connectivity index (χ3v) is 10.7. The summed E-state index contributed by atoms with van der Waals surface area (Å²) in [5.74, 6) is -0.338. The average Bonchev–Trinajstić information content (AvgIpc) is 3.30. The second-order valence-corrected chi connectivity index (χ2v) is 16.5. The first kappa shape index (κ1) is 58.9. The van der Waals surface area contributed by atoms with Gasteiger partial charge in [0.1, 0.15) is 30.5 Å². The predicted octanol–water partition coefficient (Wildman–Crippen LogP) is 12.1. The van der Waals surface area contributed by atoms with Crippen LogP contribution < -0.4 is 0 Å². The largest absolute Gasteiger partial charge is 0.457 e. The number of carbonyl (C=O) groups is 1. The molecule has 0 aliphatic carbocycles. The van der Waals surface area contributed by atoms with Crippen molar-refractivity contribution in [1.82, 2.24) is 0 Å². The Bertz CT molecular complexity index is 1340. The van der Waals surface area contributed by atoms with Crippen LogP contribution >= 0.6 is 0 Å². The van der Waals surface area contributed by atoms with Gasteiger partial charge in [0, 0.05) is 13.0 Å². The first-order chi connectivity index (χ1) is 31.4. The number of unbranched alkanes of at least 4 members (excludes halogenated alkanes) is 12. The quantitative estimate of drug-likeness (QED) is 0.0269. The van der Waals surface area contributed by atoms with Gasteiger partial charge >= 0.3 is 5.97 Å². The summed E-state index contributed by atoms with van der Waals surface area (Å²) >= 11 is 0. The minimum Gasteiger partial charge on any atom is -0.457 e. The first-order valence-electron chi connectivity index (χ1n) is 25.0. The van der Waals surface area contributed by atoms with Gasteiger partial charge in [0.05, 0.1) is 19.8 Å². The molecule has 1 saturated heterocycles. The maximum Gasteiger partial charge on any atom is 0.306 e. The molecular weight excluding hydrogens is 805 g/mol. The number of allylic oxidation sites excluding steroid dienone is 18. The van der Waals surface area contributed by atoms with Gasteiger partial charge in [-0.25, -0.2) is 0 Å². The van der Waals surface area contributed by atoms with Gasteiger partial charge in [-0.05, 0) is 96.3 Å². The number of esters is 1. The summed E-state index contributed by atoms with van der Waals surface area (Å²) < 4.78 is 22.8. The molecule has 6 atom stereocenters. The molecule has 364 valence electrons. The van der Waals surface area contributed by atoms with Crippen LogP contribution in [-0.4, -0.2) is 89.6 Å². The van der Waals surface area contributed by atoms with Crippen molar-refractivity contribution in [2.24, 2.45) is 0 Å². The smallest absolute Gasteiger partial charge is 0.306 e. The summed E-state index contributed by atoms with van der Waals surface area (Å²) in [6.07, 6.45) is 56.8. The lowest BCUT2D eigenvalue weighted by Gasteiger charge is -2.39. The van der Waals surface area contributed by atoms with Crippen molar-refractivity contribution < 1.29 is 44.2 Å². The highest BCUT2D eigenvalue weighted by Gasteiger charge is 2.44. The van der Waals surface area contributed by atoms with Gasteiger partial charge in [-0.3, -0.25) is 4.79 Å². The van der Waals surface area contributed by atoms with E-state index in [0.29, 0.717) is 13.0 Å². The lowest BCUT2D eigenvalue weighted by molar-refractivity contribution is -0.305. The fourth-order valence-electron chi connectivity index (χ4n) is 6.86. The van der Waals surface area contributed by atoms with Crippen molar-refractivity contribution in [3.05, 3.63) is 109 Å². The van der Waals surface area contributed by atoms with Gasteiger partial charge in [0.25, 0.3) is 0 Å². The van der Waals surface area contributed by atoms with Crippen LogP contribution in [-0.2, 0) is 23.7 Å². The van der Waals surface area contributed by atoms with E-state index in [1.807, 2.05) is 0 Å². The molecule has 0 amide bonds. The number of hydrogen-bond donors (Lipinski definition) is 4. The van der Waals surface area contributed by atoms with E-state index >= 15 is 0 Å². The van der Waals surface area contributed by atoms with Crippen LogP contribution in [0.5, 0.6) is 0 Å². The molecule has 1 aliphatic heterocycles. The molecule has 9 heteroatoms. The van der Waals surface area contributed by atoms with Crippen LogP contribution in [0.3, 0.4) is 0 Å². The second-order valence-electron chi connectivity index (χ2n) is 16.5. The minimum atomic E-state index is -1.55. The molecule has 0 saturated carbocycles. The standard InChI is InChI=1S/C55H90O9/c1-3-5-7-9-11-13-15-17-19-21-22-23-24-25-26-27-28-29-30-32-34-36-38-40-42-44-51(57)63-49(48-62-55-54(60)53(59)52(58)50(46-56)64-55)47-61-45-43-41-39-37-35-33-31-20-18-16-14-12-10-8-6-4-2/h5-8,11-14,17-20,22-23,25-26,28-29,49-50,52-56,58-60H,3-4,9-10,15-16,21,24,27,30-48H2,1-2H3/b7-5-,8-6-,13-11-,14-12-,19-17-,20-18-,23-22-,26-25-,29-28-. The Kier molecular flexibility index (Phi) is 41.4. The third-order valence-electron chi connectivity index (χ3n) is 10.7. The van der Waals surface area contributed by atoms with Crippen LogP contribution in [0.1, 0.15) is 168 Å². The van der Waals surface area contributed by atoms with E-state index < -0.39 is 43.4 Å². The van der Waals surface area contributed by atoms with Crippen LogP contribution in [0.15, 0.2) is 109 Å². The lowest BCUT2D eigenvalue weighted by Crippen LogP contribution is -2.59. The molecule has 1 fully saturated rings. The third kappa shape index (κ3) is 35.2. The Balaban J connectivity index is 2.25. The van der Waals surface area contributed by atoms with Crippen LogP contribution in [0.4, 0.5) is 0 Å². The SMILES string of the molecule is CC/C=C\C/C=C\C/C=C\C/C=C\C/C=C\C/C=C\CCCCCCCCC(=O)OC(COCCCCCCCC/C=C\C/C=C\C/C=C\CC)COC1OC(CO)C(O)C(O)C1O. The van der Waals surface area contributed by atoms with Gasteiger partial charge < -0.3 is 39.4 Å². The zero-order valence-corrected chi connectivity index (χ0v) is 40.0. The summed E-state index contributed by atoms with van der Waals surface area (Å²) in [5, 5.41) is 40.2. The Morgan fingerprint density at radius 1 is 0.500 bits per heavy atom.